The number of hydrogen-bond donors (Lipinski definition) is 1. The molecule has 0 bridgehead atoms. The van der Waals surface area contributed by atoms with Gasteiger partial charge in [0.25, 0.3) is 5.56 Å². The molecule has 0 aliphatic carbocycles. The summed E-state index contributed by atoms with van der Waals surface area (Å²) in [6.45, 7) is 0.757. The van der Waals surface area contributed by atoms with Crippen molar-refractivity contribution in [1.82, 2.24) is 19.7 Å². The lowest BCUT2D eigenvalue weighted by atomic mass is 10.1. The molecule has 0 amide bonds. The van der Waals surface area contributed by atoms with Crippen molar-refractivity contribution >= 4 is 17.0 Å². The van der Waals surface area contributed by atoms with Crippen molar-refractivity contribution in [3.8, 4) is 5.75 Å². The van der Waals surface area contributed by atoms with Crippen molar-refractivity contribution in [3.05, 3.63) is 45.9 Å². The number of nitrogens with zero attached hydrogens (tertiary/aromatic N) is 4. The minimum absolute atomic E-state index is 0.0389. The number of H-pyrrole nitrogens is 1. The lowest BCUT2D eigenvalue weighted by Crippen LogP contribution is -2.20. The number of fused-ring (bicyclic) bond motifs is 1. The Bertz CT molecular complexity index is 1040. The Morgan fingerprint density at radius 3 is 2.43 bits per heavy atom. The fraction of sp³-hybridized carbons (Fsp3) is 0.353. The molecule has 0 fully saturated rings. The lowest BCUT2D eigenvalue weighted by Gasteiger charge is -2.16. The predicted molar refractivity (Wildman–Crippen MR) is 94.2 cm³/mol. The van der Waals surface area contributed by atoms with E-state index in [-0.39, 0.29) is 28.4 Å². The maximum atomic E-state index is 13.4. The highest BCUT2D eigenvalue weighted by Crippen LogP contribution is 2.27. The molecule has 28 heavy (non-hydrogen) atoms. The van der Waals surface area contributed by atoms with Gasteiger partial charge in [-0.25, -0.2) is 9.07 Å². The highest BCUT2D eigenvalue weighted by molar-refractivity contribution is 5.78. The maximum absolute atomic E-state index is 13.4. The van der Waals surface area contributed by atoms with Crippen molar-refractivity contribution in [1.29, 1.82) is 0 Å². The van der Waals surface area contributed by atoms with E-state index in [2.05, 4.69) is 19.8 Å². The monoisotopic (exact) mass is 399 g/mol. The first-order valence-corrected chi connectivity index (χ1v) is 8.21. The number of nitrogens with one attached hydrogen (secondary N) is 1. The fourth-order valence-corrected chi connectivity index (χ4v) is 2.77. The molecule has 3 rings (SSSR count). The number of halogens is 4. The van der Waals surface area contributed by atoms with Crippen LogP contribution in [0.15, 0.2) is 29.1 Å². The standard InChI is InChI=1S/C17H17F4N5O2/c1-9(10-4-6-11(7-5-10)28-17(19,20)21)26-14-13(12(8-18)24-26)15(27)23-16(22-14)25(2)3/h4-7,9H,8H2,1-3H3,(H,22,23,27). The van der Waals surface area contributed by atoms with E-state index in [1.54, 1.807) is 25.9 Å². The van der Waals surface area contributed by atoms with Crippen LogP contribution in [0.25, 0.3) is 11.0 Å². The number of aromatic amines is 1. The van der Waals surface area contributed by atoms with Gasteiger partial charge in [-0.2, -0.15) is 10.1 Å². The van der Waals surface area contributed by atoms with Crippen molar-refractivity contribution in [2.75, 3.05) is 19.0 Å². The van der Waals surface area contributed by atoms with Crippen LogP contribution in [-0.4, -0.2) is 40.2 Å². The van der Waals surface area contributed by atoms with Gasteiger partial charge in [-0.05, 0) is 24.6 Å². The second-order valence-electron chi connectivity index (χ2n) is 6.30. The second-order valence-corrected chi connectivity index (χ2v) is 6.30. The minimum Gasteiger partial charge on any atom is -0.406 e. The summed E-state index contributed by atoms with van der Waals surface area (Å²) in [6, 6.07) is 4.70. The highest BCUT2D eigenvalue weighted by atomic mass is 19.4. The quantitative estimate of drug-likeness (QED) is 0.667. The van der Waals surface area contributed by atoms with E-state index >= 15 is 0 Å². The van der Waals surface area contributed by atoms with Gasteiger partial charge >= 0.3 is 6.36 Å². The molecule has 1 N–H and O–H groups in total. The smallest absolute Gasteiger partial charge is 0.406 e. The summed E-state index contributed by atoms with van der Waals surface area (Å²) in [5.74, 6) is -0.0899. The van der Waals surface area contributed by atoms with Gasteiger partial charge in [0.2, 0.25) is 5.95 Å². The summed E-state index contributed by atoms with van der Waals surface area (Å²) >= 11 is 0. The van der Waals surface area contributed by atoms with Crippen LogP contribution in [0.1, 0.15) is 24.2 Å². The van der Waals surface area contributed by atoms with Crippen LogP contribution in [0.5, 0.6) is 5.75 Å². The number of ether oxygens (including phenoxy) is 1. The summed E-state index contributed by atoms with van der Waals surface area (Å²) in [4.78, 5) is 20.9. The van der Waals surface area contributed by atoms with Crippen LogP contribution in [0, 0.1) is 0 Å². The Hall–Kier alpha value is -3.11. The van der Waals surface area contributed by atoms with Crippen LogP contribution in [0.2, 0.25) is 0 Å². The van der Waals surface area contributed by atoms with Gasteiger partial charge in [-0.3, -0.25) is 9.78 Å². The molecule has 0 aliphatic heterocycles. The van der Waals surface area contributed by atoms with Gasteiger partial charge in [0.1, 0.15) is 23.5 Å². The first-order chi connectivity index (χ1) is 13.1. The summed E-state index contributed by atoms with van der Waals surface area (Å²) in [5.41, 5.74) is 0.188. The van der Waals surface area contributed by atoms with Crippen molar-refractivity contribution in [2.45, 2.75) is 26.0 Å². The Morgan fingerprint density at radius 2 is 1.89 bits per heavy atom. The topological polar surface area (TPSA) is 76.0 Å². The first kappa shape index (κ1) is 19.6. The van der Waals surface area contributed by atoms with Crippen molar-refractivity contribution in [2.24, 2.45) is 0 Å². The Labute approximate surface area is 156 Å². The predicted octanol–water partition coefficient (Wildman–Crippen LogP) is 3.16. The van der Waals surface area contributed by atoms with Gasteiger partial charge in [-0.1, -0.05) is 12.1 Å². The molecule has 0 spiro atoms. The van der Waals surface area contributed by atoms with E-state index in [4.69, 9.17) is 0 Å². The Balaban J connectivity index is 2.06. The average molecular weight is 399 g/mol. The zero-order valence-corrected chi connectivity index (χ0v) is 15.2. The van der Waals surface area contributed by atoms with Gasteiger partial charge in [0, 0.05) is 14.1 Å². The largest absolute Gasteiger partial charge is 0.573 e. The molecule has 0 saturated heterocycles. The molecule has 0 radical (unpaired) electrons. The van der Waals surface area contributed by atoms with Crippen LogP contribution in [0.3, 0.4) is 0 Å². The third-order valence-electron chi connectivity index (χ3n) is 4.13. The summed E-state index contributed by atoms with van der Waals surface area (Å²) in [5, 5.41) is 4.20. The molecule has 11 heteroatoms. The van der Waals surface area contributed by atoms with E-state index in [9.17, 15) is 22.4 Å². The molecule has 2 heterocycles. The molecule has 7 nitrogen and oxygen atoms in total. The molecule has 0 aliphatic rings. The van der Waals surface area contributed by atoms with Gasteiger partial charge in [0.15, 0.2) is 5.65 Å². The number of benzene rings is 1. The molecule has 0 saturated carbocycles. The normalized spacial score (nSPS) is 13.0. The Kier molecular flexibility index (Phi) is 5.01. The maximum Gasteiger partial charge on any atom is 0.573 e. The molecule has 1 aromatic carbocycles. The third-order valence-corrected chi connectivity index (χ3v) is 4.13. The molecule has 2 aromatic heterocycles. The van der Waals surface area contributed by atoms with E-state index in [0.717, 1.165) is 0 Å². The molecule has 1 unspecified atom stereocenters. The van der Waals surface area contributed by atoms with E-state index in [0.29, 0.717) is 5.56 Å². The highest BCUT2D eigenvalue weighted by Gasteiger charge is 2.31. The van der Waals surface area contributed by atoms with Crippen LogP contribution in [0.4, 0.5) is 23.5 Å². The number of hydrogen-bond acceptors (Lipinski definition) is 5. The Morgan fingerprint density at radius 1 is 1.25 bits per heavy atom. The zero-order chi connectivity index (χ0) is 20.6. The molecular formula is C17H17F4N5O2. The number of aromatic nitrogens is 4. The van der Waals surface area contributed by atoms with Gasteiger partial charge in [0.05, 0.1) is 6.04 Å². The summed E-state index contributed by atoms with van der Waals surface area (Å²) in [6.07, 6.45) is -4.78. The molecule has 150 valence electrons. The first-order valence-electron chi connectivity index (χ1n) is 8.21. The van der Waals surface area contributed by atoms with E-state index in [1.165, 1.54) is 28.9 Å². The van der Waals surface area contributed by atoms with Crippen LogP contribution >= 0.6 is 0 Å². The van der Waals surface area contributed by atoms with Gasteiger partial charge < -0.3 is 9.64 Å². The van der Waals surface area contributed by atoms with Crippen LogP contribution in [-0.2, 0) is 6.67 Å². The molecular weight excluding hydrogens is 382 g/mol. The second kappa shape index (κ2) is 7.13. The summed E-state index contributed by atoms with van der Waals surface area (Å²) in [7, 11) is 3.37. The molecule has 1 atom stereocenters. The third kappa shape index (κ3) is 3.78. The number of rotatable bonds is 5. The number of anilines is 1. The minimum atomic E-state index is -4.78. The lowest BCUT2D eigenvalue weighted by molar-refractivity contribution is -0.274. The summed E-state index contributed by atoms with van der Waals surface area (Å²) < 4.78 is 55.5. The number of alkyl halides is 4. The SMILES string of the molecule is CC(c1ccc(OC(F)(F)F)cc1)n1nc(CF)c2c(=O)[nH]c(N(C)C)nc21. The fourth-order valence-electron chi connectivity index (χ4n) is 2.77. The van der Waals surface area contributed by atoms with Crippen molar-refractivity contribution in [3.63, 3.8) is 0 Å². The van der Waals surface area contributed by atoms with Crippen LogP contribution < -0.4 is 15.2 Å². The average Bonchev–Trinajstić information content (AvgIpc) is 2.99. The van der Waals surface area contributed by atoms with Crippen molar-refractivity contribution < 1.29 is 22.3 Å². The van der Waals surface area contributed by atoms with E-state index in [1.807, 2.05) is 0 Å². The molecule has 3 aromatic rings. The van der Waals surface area contributed by atoms with E-state index < -0.39 is 24.6 Å². The van der Waals surface area contributed by atoms with Gasteiger partial charge in [-0.15, -0.1) is 13.2 Å². The zero-order valence-electron chi connectivity index (χ0n) is 15.2.